The summed E-state index contributed by atoms with van der Waals surface area (Å²) in [5.41, 5.74) is -2.57. The van der Waals surface area contributed by atoms with Crippen molar-refractivity contribution >= 4 is 15.7 Å². The lowest BCUT2D eigenvalue weighted by atomic mass is 9.87. The van der Waals surface area contributed by atoms with E-state index in [9.17, 15) is 23.6 Å². The zero-order valence-corrected chi connectivity index (χ0v) is 12.6. The molecule has 8 heteroatoms. The van der Waals surface area contributed by atoms with Crippen molar-refractivity contribution in [2.24, 2.45) is 0 Å². The molecule has 0 aromatic heterocycles. The molecule has 112 valence electrons. The van der Waals surface area contributed by atoms with Crippen molar-refractivity contribution in [1.82, 2.24) is 4.72 Å². The van der Waals surface area contributed by atoms with Gasteiger partial charge in [0.15, 0.2) is 0 Å². The molecule has 0 bridgehead atoms. The topological polar surface area (TPSA) is 110 Å². The monoisotopic (exact) mass is 302 g/mol. The van der Waals surface area contributed by atoms with Crippen LogP contribution in [-0.2, 0) is 10.0 Å². The number of nitro benzene ring substituents is 1. The average molecular weight is 302 g/mol. The molecule has 0 atom stereocenters. The lowest BCUT2D eigenvalue weighted by molar-refractivity contribution is -0.384. The fourth-order valence-electron chi connectivity index (χ4n) is 1.27. The quantitative estimate of drug-likeness (QED) is 0.631. The first-order valence-electron chi connectivity index (χ1n) is 5.88. The lowest BCUT2D eigenvalue weighted by Crippen LogP contribution is -2.57. The van der Waals surface area contributed by atoms with Crippen LogP contribution in [0.1, 0.15) is 27.7 Å². The van der Waals surface area contributed by atoms with E-state index in [1.807, 2.05) is 0 Å². The van der Waals surface area contributed by atoms with Crippen LogP contribution >= 0.6 is 0 Å². The minimum Gasteiger partial charge on any atom is -0.389 e. The van der Waals surface area contributed by atoms with E-state index in [-0.39, 0.29) is 10.6 Å². The van der Waals surface area contributed by atoms with E-state index in [0.29, 0.717) is 0 Å². The summed E-state index contributed by atoms with van der Waals surface area (Å²) in [6.07, 6.45) is 0. The average Bonchev–Trinajstić information content (AvgIpc) is 2.26. The molecule has 1 rings (SSSR count). The van der Waals surface area contributed by atoms with Gasteiger partial charge in [-0.15, -0.1) is 0 Å². The molecule has 0 saturated carbocycles. The standard InChI is InChI=1S/C12H18N2O5S/c1-11(2,12(3,4)15)13-20(18,19)10-7-5-9(6-8-10)14(16)17/h5-8,13,15H,1-4H3. The Morgan fingerprint density at radius 3 is 1.95 bits per heavy atom. The van der Waals surface area contributed by atoms with Crippen molar-refractivity contribution in [3.8, 4) is 0 Å². The maximum atomic E-state index is 12.2. The van der Waals surface area contributed by atoms with Crippen molar-refractivity contribution in [2.45, 2.75) is 43.7 Å². The van der Waals surface area contributed by atoms with Gasteiger partial charge in [0.25, 0.3) is 5.69 Å². The third-order valence-electron chi connectivity index (χ3n) is 3.28. The van der Waals surface area contributed by atoms with Crippen LogP contribution in [0.4, 0.5) is 5.69 Å². The van der Waals surface area contributed by atoms with Crippen LogP contribution in [0.2, 0.25) is 0 Å². The Balaban J connectivity index is 3.09. The maximum Gasteiger partial charge on any atom is 0.269 e. The van der Waals surface area contributed by atoms with Crippen LogP contribution in [0.3, 0.4) is 0 Å². The molecule has 0 aliphatic carbocycles. The largest absolute Gasteiger partial charge is 0.389 e. The second kappa shape index (κ2) is 5.12. The minimum absolute atomic E-state index is 0.0968. The summed E-state index contributed by atoms with van der Waals surface area (Å²) in [6.45, 7) is 6.09. The highest BCUT2D eigenvalue weighted by Crippen LogP contribution is 2.24. The van der Waals surface area contributed by atoms with Gasteiger partial charge >= 0.3 is 0 Å². The number of aliphatic hydroxyl groups is 1. The number of hydrogen-bond donors (Lipinski definition) is 2. The van der Waals surface area contributed by atoms with Crippen molar-refractivity contribution in [3.05, 3.63) is 34.4 Å². The Kier molecular flexibility index (Phi) is 4.23. The predicted molar refractivity (Wildman–Crippen MR) is 73.8 cm³/mol. The van der Waals surface area contributed by atoms with Gasteiger partial charge in [-0.05, 0) is 39.8 Å². The highest BCUT2D eigenvalue weighted by atomic mass is 32.2. The molecule has 0 radical (unpaired) electrons. The van der Waals surface area contributed by atoms with Gasteiger partial charge in [-0.25, -0.2) is 13.1 Å². The van der Waals surface area contributed by atoms with Crippen molar-refractivity contribution in [3.63, 3.8) is 0 Å². The van der Waals surface area contributed by atoms with Gasteiger partial charge in [-0.1, -0.05) is 0 Å². The second-order valence-corrected chi connectivity index (χ2v) is 7.22. The zero-order valence-electron chi connectivity index (χ0n) is 11.7. The second-order valence-electron chi connectivity index (χ2n) is 5.54. The van der Waals surface area contributed by atoms with Gasteiger partial charge in [0.1, 0.15) is 0 Å². The minimum atomic E-state index is -3.88. The van der Waals surface area contributed by atoms with E-state index in [2.05, 4.69) is 4.72 Å². The lowest BCUT2D eigenvalue weighted by Gasteiger charge is -2.37. The fourth-order valence-corrected chi connectivity index (χ4v) is 2.80. The summed E-state index contributed by atoms with van der Waals surface area (Å²) < 4.78 is 26.8. The Hall–Kier alpha value is -1.51. The highest BCUT2D eigenvalue weighted by Gasteiger charge is 2.38. The number of sulfonamides is 1. The Bertz CT molecular complexity index is 600. The number of nitrogens with one attached hydrogen (secondary N) is 1. The molecule has 1 aromatic carbocycles. The van der Waals surface area contributed by atoms with Crippen LogP contribution in [0, 0.1) is 10.1 Å². The van der Waals surface area contributed by atoms with E-state index in [0.717, 1.165) is 24.3 Å². The first-order valence-corrected chi connectivity index (χ1v) is 7.36. The smallest absolute Gasteiger partial charge is 0.269 e. The van der Waals surface area contributed by atoms with E-state index in [1.54, 1.807) is 13.8 Å². The van der Waals surface area contributed by atoms with Gasteiger partial charge in [0, 0.05) is 12.1 Å². The van der Waals surface area contributed by atoms with Gasteiger partial charge < -0.3 is 5.11 Å². The molecule has 0 fully saturated rings. The van der Waals surface area contributed by atoms with Crippen molar-refractivity contribution in [2.75, 3.05) is 0 Å². The molecule has 0 amide bonds. The molecular weight excluding hydrogens is 284 g/mol. The summed E-state index contributed by atoms with van der Waals surface area (Å²) in [4.78, 5) is 9.83. The Morgan fingerprint density at radius 1 is 1.15 bits per heavy atom. The van der Waals surface area contributed by atoms with E-state index < -0.39 is 26.1 Å². The summed E-state index contributed by atoms with van der Waals surface area (Å²) in [5, 5.41) is 20.5. The van der Waals surface area contributed by atoms with Crippen LogP contribution in [0.25, 0.3) is 0 Å². The SMILES string of the molecule is CC(C)(O)C(C)(C)NS(=O)(=O)c1ccc([N+](=O)[O-])cc1. The molecule has 7 nitrogen and oxygen atoms in total. The first-order chi connectivity index (χ1) is 8.87. The first kappa shape index (κ1) is 16.5. The van der Waals surface area contributed by atoms with Gasteiger partial charge in [-0.2, -0.15) is 0 Å². The van der Waals surface area contributed by atoms with Crippen molar-refractivity contribution < 1.29 is 18.4 Å². The summed E-state index contributed by atoms with van der Waals surface area (Å²) >= 11 is 0. The molecule has 1 aromatic rings. The van der Waals surface area contributed by atoms with E-state index in [4.69, 9.17) is 0 Å². The molecular formula is C12H18N2O5S. The predicted octanol–water partition coefficient (Wildman–Crippen LogP) is 1.42. The Labute approximate surface area is 117 Å². The number of nitro groups is 1. The third kappa shape index (κ3) is 3.53. The molecule has 0 spiro atoms. The molecule has 0 aliphatic heterocycles. The number of rotatable bonds is 5. The molecule has 0 unspecified atom stereocenters. The zero-order chi connectivity index (χ0) is 15.8. The third-order valence-corrected chi connectivity index (χ3v) is 4.95. The molecule has 0 saturated heterocycles. The summed E-state index contributed by atoms with van der Waals surface area (Å²) in [6, 6.07) is 4.54. The normalized spacial score (nSPS) is 13.2. The summed E-state index contributed by atoms with van der Waals surface area (Å²) in [5.74, 6) is 0. The maximum absolute atomic E-state index is 12.2. The number of hydrogen-bond acceptors (Lipinski definition) is 5. The number of non-ortho nitro benzene ring substituents is 1. The highest BCUT2D eigenvalue weighted by molar-refractivity contribution is 7.89. The molecule has 0 aliphatic rings. The fraction of sp³-hybridized carbons (Fsp3) is 0.500. The molecule has 2 N–H and O–H groups in total. The van der Waals surface area contributed by atoms with Crippen molar-refractivity contribution in [1.29, 1.82) is 0 Å². The number of nitrogens with zero attached hydrogens (tertiary/aromatic N) is 1. The van der Waals surface area contributed by atoms with E-state index >= 15 is 0 Å². The van der Waals surface area contributed by atoms with Crippen LogP contribution in [0.5, 0.6) is 0 Å². The van der Waals surface area contributed by atoms with Gasteiger partial charge in [0.2, 0.25) is 10.0 Å². The van der Waals surface area contributed by atoms with Gasteiger partial charge in [0.05, 0.1) is 21.0 Å². The van der Waals surface area contributed by atoms with Crippen LogP contribution in [-0.4, -0.2) is 29.6 Å². The van der Waals surface area contributed by atoms with Crippen LogP contribution in [0.15, 0.2) is 29.2 Å². The van der Waals surface area contributed by atoms with Crippen LogP contribution < -0.4 is 4.72 Å². The molecule has 20 heavy (non-hydrogen) atoms. The molecule has 0 heterocycles. The summed E-state index contributed by atoms with van der Waals surface area (Å²) in [7, 11) is -3.88. The van der Waals surface area contributed by atoms with Gasteiger partial charge in [-0.3, -0.25) is 10.1 Å². The number of benzene rings is 1. The van der Waals surface area contributed by atoms with E-state index in [1.165, 1.54) is 13.8 Å². The Morgan fingerprint density at radius 2 is 1.60 bits per heavy atom.